The standard InChI is InChI=1S/C52H90N2.2ClH/c1-3-5-7-9-11-13-15-17-19-21-23-25-27-29-31-33-35-39-51-41-47-53(48-42-51)45-37-38-46-54-49-43-52(44-50-54)40-36-34-32-30-28-26-24-22-20-18-16-14-12-10-8-6-4-2;;/h17-20,41-44,47-50H,3-16,21-40,45-46H2,1-2H3;2*1H/q+2;;/p-1/b19-17-,20-18-;;. The quantitative estimate of drug-likeness (QED) is 0.0361. The van der Waals surface area contributed by atoms with E-state index < -0.39 is 0 Å². The molecule has 2 nitrogen and oxygen atoms in total. The van der Waals surface area contributed by atoms with Crippen molar-refractivity contribution in [1.82, 2.24) is 0 Å². The van der Waals surface area contributed by atoms with Crippen LogP contribution < -0.4 is 21.5 Å². The number of unbranched alkanes of at least 4 members (excludes halogenated alkanes) is 27. The number of allylic oxidation sites excluding steroid dienone is 4. The third kappa shape index (κ3) is 34.4. The second-order valence-corrected chi connectivity index (χ2v) is 16.7. The van der Waals surface area contributed by atoms with Crippen LogP contribution in [-0.4, -0.2) is 0 Å². The van der Waals surface area contributed by atoms with Gasteiger partial charge in [0.15, 0.2) is 24.8 Å². The largest absolute Gasteiger partial charge is 1.00 e. The summed E-state index contributed by atoms with van der Waals surface area (Å²) in [6, 6.07) is 9.41. The lowest BCUT2D eigenvalue weighted by atomic mass is 10.0. The molecule has 0 N–H and O–H groups in total. The maximum atomic E-state index is 2.44. The molecule has 0 aliphatic rings. The molecule has 0 saturated heterocycles. The zero-order valence-corrected chi connectivity index (χ0v) is 38.6. The summed E-state index contributed by atoms with van der Waals surface area (Å²) in [7, 11) is 0. The van der Waals surface area contributed by atoms with Crippen LogP contribution >= 0.6 is 12.4 Å². The van der Waals surface area contributed by atoms with Crippen molar-refractivity contribution in [2.75, 3.05) is 0 Å². The van der Waals surface area contributed by atoms with Gasteiger partial charge in [0.25, 0.3) is 0 Å². The van der Waals surface area contributed by atoms with Crippen LogP contribution in [0, 0.1) is 0 Å². The van der Waals surface area contributed by atoms with Gasteiger partial charge in [0.05, 0.1) is 0 Å². The van der Waals surface area contributed by atoms with E-state index in [1.165, 1.54) is 229 Å². The van der Waals surface area contributed by atoms with E-state index in [1.807, 2.05) is 0 Å². The van der Waals surface area contributed by atoms with Crippen LogP contribution in [0.5, 0.6) is 0 Å². The summed E-state index contributed by atoms with van der Waals surface area (Å²) in [6.45, 7) is 6.82. The van der Waals surface area contributed by atoms with E-state index in [2.05, 4.69) is 96.3 Å². The SMILES string of the molecule is CCCCCCCC/C=C\CCCCCCCCCc1cc[n+](CCCC[n+]2ccc(CCCCCCCCC/C=C\CCCCCCCC)cc2)cc1.Cl.[Cl-]. The fraction of sp³-hybridized carbons (Fsp3) is 0.731. The van der Waals surface area contributed by atoms with Crippen molar-refractivity contribution in [2.24, 2.45) is 0 Å². The molecule has 322 valence electrons. The molecule has 2 heterocycles. The molecule has 0 aliphatic heterocycles. The number of pyridine rings is 2. The molecule has 0 saturated carbocycles. The van der Waals surface area contributed by atoms with Crippen molar-refractivity contribution in [3.05, 3.63) is 84.5 Å². The van der Waals surface area contributed by atoms with Crippen LogP contribution in [0.2, 0.25) is 0 Å². The molecular formula is C52H91Cl2N2+. The average molecular weight is 815 g/mol. The van der Waals surface area contributed by atoms with E-state index >= 15 is 0 Å². The molecular weight excluding hydrogens is 723 g/mol. The Hall–Kier alpha value is -1.64. The molecule has 0 radical (unpaired) electrons. The molecule has 56 heavy (non-hydrogen) atoms. The Bertz CT molecular complexity index is 1020. The third-order valence-electron chi connectivity index (χ3n) is 11.5. The van der Waals surface area contributed by atoms with Crippen molar-refractivity contribution in [1.29, 1.82) is 0 Å². The van der Waals surface area contributed by atoms with Crippen LogP contribution in [-0.2, 0) is 25.9 Å². The van der Waals surface area contributed by atoms with Gasteiger partial charge in [-0.15, -0.1) is 12.4 Å². The fourth-order valence-corrected chi connectivity index (χ4v) is 7.70. The monoisotopic (exact) mass is 814 g/mol. The lowest BCUT2D eigenvalue weighted by Gasteiger charge is -2.03. The Labute approximate surface area is 362 Å². The molecule has 0 amide bonds. The molecule has 0 spiro atoms. The molecule has 2 rings (SSSR count). The second kappa shape index (κ2) is 43.0. The van der Waals surface area contributed by atoms with Crippen molar-refractivity contribution in [3.8, 4) is 0 Å². The van der Waals surface area contributed by atoms with Gasteiger partial charge in [0.1, 0.15) is 13.1 Å². The van der Waals surface area contributed by atoms with Crippen LogP contribution in [0.3, 0.4) is 0 Å². The van der Waals surface area contributed by atoms with Crippen molar-refractivity contribution >= 4 is 12.4 Å². The lowest BCUT2D eigenvalue weighted by molar-refractivity contribution is -0.708. The first-order valence-corrected chi connectivity index (χ1v) is 24.1. The van der Waals surface area contributed by atoms with Gasteiger partial charge in [0.2, 0.25) is 0 Å². The number of rotatable bonds is 39. The predicted octanol–water partition coefficient (Wildman–Crippen LogP) is 13.1. The average Bonchev–Trinajstić information content (AvgIpc) is 3.20. The summed E-state index contributed by atoms with van der Waals surface area (Å²) >= 11 is 0. The van der Waals surface area contributed by atoms with Crippen LogP contribution in [0.1, 0.15) is 230 Å². The van der Waals surface area contributed by atoms with Crippen molar-refractivity contribution in [2.45, 2.75) is 245 Å². The molecule has 0 fully saturated rings. The molecule has 0 aromatic carbocycles. The first kappa shape index (κ1) is 54.4. The molecule has 2 aromatic rings. The van der Waals surface area contributed by atoms with Crippen LogP contribution in [0.25, 0.3) is 0 Å². The minimum absolute atomic E-state index is 0. The Morgan fingerprint density at radius 3 is 0.875 bits per heavy atom. The van der Waals surface area contributed by atoms with Gasteiger partial charge >= 0.3 is 0 Å². The normalized spacial score (nSPS) is 11.4. The van der Waals surface area contributed by atoms with E-state index in [4.69, 9.17) is 0 Å². The maximum Gasteiger partial charge on any atom is 0.169 e. The van der Waals surface area contributed by atoms with Gasteiger partial charge in [-0.2, -0.15) is 0 Å². The van der Waals surface area contributed by atoms with Gasteiger partial charge < -0.3 is 12.4 Å². The molecule has 0 aliphatic carbocycles. The van der Waals surface area contributed by atoms with Gasteiger partial charge in [-0.1, -0.05) is 167 Å². The third-order valence-corrected chi connectivity index (χ3v) is 11.5. The van der Waals surface area contributed by atoms with E-state index in [0.717, 1.165) is 13.1 Å². The van der Waals surface area contributed by atoms with Crippen molar-refractivity contribution in [3.63, 3.8) is 0 Å². The molecule has 0 bridgehead atoms. The van der Waals surface area contributed by atoms with E-state index in [1.54, 1.807) is 0 Å². The minimum Gasteiger partial charge on any atom is -1.00 e. The van der Waals surface area contributed by atoms with Crippen LogP contribution in [0.4, 0.5) is 0 Å². The Morgan fingerprint density at radius 1 is 0.339 bits per heavy atom. The highest BCUT2D eigenvalue weighted by Crippen LogP contribution is 2.14. The molecule has 4 heteroatoms. The number of hydrogen-bond acceptors (Lipinski definition) is 0. The van der Waals surface area contributed by atoms with E-state index in [9.17, 15) is 0 Å². The first-order chi connectivity index (χ1) is 26.8. The number of aryl methyl sites for hydroxylation is 4. The van der Waals surface area contributed by atoms with Crippen LogP contribution in [0.15, 0.2) is 73.4 Å². The minimum atomic E-state index is 0. The Morgan fingerprint density at radius 2 is 0.589 bits per heavy atom. The maximum absolute atomic E-state index is 2.44. The Balaban J connectivity index is 0.0000151. The number of hydrogen-bond donors (Lipinski definition) is 0. The second-order valence-electron chi connectivity index (χ2n) is 16.7. The molecule has 0 unspecified atom stereocenters. The summed E-state index contributed by atoms with van der Waals surface area (Å²) in [5.74, 6) is 0. The van der Waals surface area contributed by atoms with Gasteiger partial charge in [-0.05, 0) is 88.2 Å². The number of aromatic nitrogens is 2. The number of halogens is 2. The first-order valence-electron chi connectivity index (χ1n) is 24.1. The topological polar surface area (TPSA) is 7.76 Å². The van der Waals surface area contributed by atoms with Gasteiger partial charge in [-0.3, -0.25) is 0 Å². The zero-order chi connectivity index (χ0) is 38.3. The summed E-state index contributed by atoms with van der Waals surface area (Å²) in [6.07, 6.45) is 65.4. The highest BCUT2D eigenvalue weighted by molar-refractivity contribution is 5.85. The number of nitrogens with zero attached hydrogens (tertiary/aromatic N) is 2. The smallest absolute Gasteiger partial charge is 0.169 e. The molecule has 0 atom stereocenters. The molecule has 2 aromatic heterocycles. The zero-order valence-electron chi connectivity index (χ0n) is 37.1. The highest BCUT2D eigenvalue weighted by atomic mass is 35.5. The predicted molar refractivity (Wildman–Crippen MR) is 245 cm³/mol. The highest BCUT2D eigenvalue weighted by Gasteiger charge is 2.05. The summed E-state index contributed by atoms with van der Waals surface area (Å²) in [5, 5.41) is 0. The van der Waals surface area contributed by atoms with E-state index in [-0.39, 0.29) is 24.8 Å². The fourth-order valence-electron chi connectivity index (χ4n) is 7.70. The summed E-state index contributed by atoms with van der Waals surface area (Å²) in [5.41, 5.74) is 3.00. The summed E-state index contributed by atoms with van der Waals surface area (Å²) in [4.78, 5) is 0. The van der Waals surface area contributed by atoms with Crippen molar-refractivity contribution < 1.29 is 21.5 Å². The van der Waals surface area contributed by atoms with Gasteiger partial charge in [0, 0.05) is 37.1 Å². The van der Waals surface area contributed by atoms with E-state index in [0.29, 0.717) is 0 Å². The lowest BCUT2D eigenvalue weighted by Crippen LogP contribution is -3.00. The van der Waals surface area contributed by atoms with Gasteiger partial charge in [-0.25, -0.2) is 9.13 Å². The summed E-state index contributed by atoms with van der Waals surface area (Å²) < 4.78 is 4.74. The Kier molecular flexibility index (Phi) is 41.7.